The van der Waals surface area contributed by atoms with Crippen molar-refractivity contribution in [3.05, 3.63) is 35.4 Å². The lowest BCUT2D eigenvalue weighted by Crippen LogP contribution is -2.62. The van der Waals surface area contributed by atoms with Gasteiger partial charge in [0.2, 0.25) is 17.6 Å². The number of benzene rings is 1. The average Bonchev–Trinajstić information content (AvgIpc) is 3.84. The first-order chi connectivity index (χ1) is 19.0. The number of nitrogens with one attached hydrogen (secondary N) is 3. The van der Waals surface area contributed by atoms with Gasteiger partial charge in [0.15, 0.2) is 5.78 Å². The van der Waals surface area contributed by atoms with Gasteiger partial charge in [0, 0.05) is 23.3 Å². The molecule has 3 fully saturated rings. The van der Waals surface area contributed by atoms with E-state index in [1.54, 1.807) is 6.92 Å². The van der Waals surface area contributed by atoms with Gasteiger partial charge in [0.05, 0.1) is 18.0 Å². The van der Waals surface area contributed by atoms with E-state index in [1.165, 1.54) is 0 Å². The van der Waals surface area contributed by atoms with Gasteiger partial charge in [0.1, 0.15) is 0 Å². The van der Waals surface area contributed by atoms with E-state index in [1.807, 2.05) is 45.0 Å². The number of amides is 3. The van der Waals surface area contributed by atoms with E-state index in [0.29, 0.717) is 6.42 Å². The zero-order chi connectivity index (χ0) is 28.8. The van der Waals surface area contributed by atoms with Gasteiger partial charge in [0.25, 0.3) is 5.91 Å². The molecule has 1 spiro atoms. The smallest absolute Gasteiger partial charge is 0.289 e. The average molecular weight is 550 g/mol. The van der Waals surface area contributed by atoms with E-state index in [4.69, 9.17) is 0 Å². The van der Waals surface area contributed by atoms with Crippen LogP contribution in [0.15, 0.2) is 24.3 Å². The number of ketones is 2. The number of fused-ring (bicyclic) bond motifs is 3. The molecule has 4 aliphatic carbocycles. The van der Waals surface area contributed by atoms with Gasteiger partial charge in [-0.3, -0.25) is 24.0 Å². The second-order valence-corrected chi connectivity index (χ2v) is 13.4. The van der Waals surface area contributed by atoms with Gasteiger partial charge in [-0.05, 0) is 55.1 Å². The van der Waals surface area contributed by atoms with E-state index in [9.17, 15) is 24.0 Å². The summed E-state index contributed by atoms with van der Waals surface area (Å²) >= 11 is 0. The molecule has 0 bridgehead atoms. The van der Waals surface area contributed by atoms with E-state index < -0.39 is 46.4 Å². The van der Waals surface area contributed by atoms with Gasteiger partial charge in [-0.25, -0.2) is 0 Å². The molecule has 8 heteroatoms. The molecule has 0 radical (unpaired) electrons. The van der Waals surface area contributed by atoms with Crippen LogP contribution in [0.5, 0.6) is 0 Å². The number of rotatable bonds is 10. The fourth-order valence-corrected chi connectivity index (χ4v) is 6.97. The largest absolute Gasteiger partial charge is 0.347 e. The molecule has 4 atom stereocenters. The van der Waals surface area contributed by atoms with Crippen molar-refractivity contribution < 1.29 is 24.0 Å². The van der Waals surface area contributed by atoms with Crippen molar-refractivity contribution in [1.29, 1.82) is 0 Å². The molecule has 216 valence electrons. The maximum atomic E-state index is 14.2. The molecule has 40 heavy (non-hydrogen) atoms. The molecule has 0 aromatic heterocycles. The molecule has 0 saturated heterocycles. The lowest BCUT2D eigenvalue weighted by atomic mass is 9.55. The highest BCUT2D eigenvalue weighted by atomic mass is 16.2. The Kier molecular flexibility index (Phi) is 7.66. The second-order valence-electron chi connectivity index (χ2n) is 13.4. The van der Waals surface area contributed by atoms with Crippen LogP contribution in [0.4, 0.5) is 0 Å². The van der Waals surface area contributed by atoms with Crippen LogP contribution in [0, 0.1) is 23.2 Å². The summed E-state index contributed by atoms with van der Waals surface area (Å²) in [4.78, 5) is 66.6. The van der Waals surface area contributed by atoms with E-state index in [2.05, 4.69) is 16.0 Å². The summed E-state index contributed by atoms with van der Waals surface area (Å²) in [6.45, 7) is 7.58. The molecule has 1 aromatic carbocycles. The molecule has 8 nitrogen and oxygen atoms in total. The van der Waals surface area contributed by atoms with Gasteiger partial charge in [-0.2, -0.15) is 0 Å². The lowest BCUT2D eigenvalue weighted by Gasteiger charge is -2.47. The summed E-state index contributed by atoms with van der Waals surface area (Å²) in [6, 6.07) is 6.21. The Labute approximate surface area is 236 Å². The number of Topliss-reactive ketones (excluding diaryl/α,β-unsaturated/α-hetero) is 2. The lowest BCUT2D eigenvalue weighted by molar-refractivity contribution is -0.148. The minimum atomic E-state index is -0.953. The van der Waals surface area contributed by atoms with Crippen molar-refractivity contribution in [3.63, 3.8) is 0 Å². The quantitative estimate of drug-likeness (QED) is 0.387. The molecule has 3 saturated carbocycles. The van der Waals surface area contributed by atoms with Crippen LogP contribution in [0.2, 0.25) is 0 Å². The van der Waals surface area contributed by atoms with Crippen LogP contribution in [-0.2, 0) is 29.4 Å². The van der Waals surface area contributed by atoms with Crippen LogP contribution in [0.25, 0.3) is 0 Å². The zero-order valence-corrected chi connectivity index (χ0v) is 24.2. The topological polar surface area (TPSA) is 121 Å². The Morgan fingerprint density at radius 2 is 1.52 bits per heavy atom. The molecule has 0 aliphatic heterocycles. The monoisotopic (exact) mass is 549 g/mol. The summed E-state index contributed by atoms with van der Waals surface area (Å²) < 4.78 is 0. The first kappa shape index (κ1) is 28.5. The SMILES string of the molecule is CCC(NC(=O)C1C(C(=O)[C@@H](NC(=O)C2CCCCC2)C(C)(C)C)CC12c1ccccc12)C(=O)C(=O)NC1CC1. The molecule has 1 aromatic rings. The van der Waals surface area contributed by atoms with E-state index in [0.717, 1.165) is 56.1 Å². The Bertz CT molecular complexity index is 1180. The minimum Gasteiger partial charge on any atom is -0.347 e. The Morgan fingerprint density at radius 3 is 2.08 bits per heavy atom. The third kappa shape index (κ3) is 5.21. The summed E-state index contributed by atoms with van der Waals surface area (Å²) in [5.41, 5.74) is 1.05. The van der Waals surface area contributed by atoms with Gasteiger partial charge in [-0.15, -0.1) is 0 Å². The Balaban J connectivity index is 1.36. The second kappa shape index (κ2) is 10.7. The number of hydrogen-bond acceptors (Lipinski definition) is 5. The van der Waals surface area contributed by atoms with Crippen molar-refractivity contribution >= 4 is 29.3 Å². The highest BCUT2D eigenvalue weighted by molar-refractivity contribution is 6.38. The maximum Gasteiger partial charge on any atom is 0.289 e. The Morgan fingerprint density at radius 1 is 0.900 bits per heavy atom. The predicted octanol–water partition coefficient (Wildman–Crippen LogP) is 3.34. The third-order valence-electron chi connectivity index (χ3n) is 9.54. The molecular formula is C32H43N3O5. The summed E-state index contributed by atoms with van der Waals surface area (Å²) in [5.74, 6) is -3.28. The fraction of sp³-hybridized carbons (Fsp3) is 0.656. The number of hydrogen-bond donors (Lipinski definition) is 3. The molecular weight excluding hydrogens is 506 g/mol. The maximum absolute atomic E-state index is 14.2. The van der Waals surface area contributed by atoms with Crippen LogP contribution >= 0.6 is 0 Å². The van der Waals surface area contributed by atoms with Crippen LogP contribution < -0.4 is 16.0 Å². The molecule has 4 aliphatic rings. The summed E-state index contributed by atoms with van der Waals surface area (Å²) in [5, 5.41) is 8.64. The van der Waals surface area contributed by atoms with E-state index in [-0.39, 0.29) is 36.0 Å². The number of carbonyl (C=O) groups is 5. The van der Waals surface area contributed by atoms with Crippen molar-refractivity contribution in [2.24, 2.45) is 23.2 Å². The minimum absolute atomic E-state index is 0.0423. The van der Waals surface area contributed by atoms with Gasteiger partial charge in [-0.1, -0.05) is 71.2 Å². The summed E-state index contributed by atoms with van der Waals surface area (Å²) in [6.07, 6.45) is 7.35. The fourth-order valence-electron chi connectivity index (χ4n) is 6.97. The third-order valence-corrected chi connectivity index (χ3v) is 9.54. The standard InChI is InChI=1S/C32H43N3O5/c1-5-23(26(37)30(40)33-19-15-16-19)34-29(39)24-20(17-32(24)21-13-9-10-14-22(21)32)25(36)27(31(2,3)4)35-28(38)18-11-7-6-8-12-18/h9-10,13-14,18-20,23-24,27H,5-8,11-12,15-17H2,1-4H3,(H,33,40)(H,34,39)(H,35,38)/t20?,23?,24?,27-/m1/s1. The zero-order valence-electron chi connectivity index (χ0n) is 24.2. The number of carbonyl (C=O) groups excluding carboxylic acids is 5. The van der Waals surface area contributed by atoms with Crippen molar-refractivity contribution in [2.45, 2.75) is 109 Å². The molecule has 3 N–H and O–H groups in total. The van der Waals surface area contributed by atoms with Crippen molar-refractivity contribution in [1.82, 2.24) is 16.0 Å². The van der Waals surface area contributed by atoms with Crippen LogP contribution in [0.1, 0.15) is 96.6 Å². The molecule has 3 unspecified atom stereocenters. The predicted molar refractivity (Wildman–Crippen MR) is 150 cm³/mol. The molecule has 3 amide bonds. The highest BCUT2D eigenvalue weighted by Gasteiger charge is 2.70. The normalized spacial score (nSPS) is 24.6. The van der Waals surface area contributed by atoms with Gasteiger partial charge < -0.3 is 16.0 Å². The van der Waals surface area contributed by atoms with Crippen LogP contribution in [0.3, 0.4) is 0 Å². The van der Waals surface area contributed by atoms with Crippen molar-refractivity contribution in [2.75, 3.05) is 0 Å². The first-order valence-electron chi connectivity index (χ1n) is 15.1. The molecule has 5 rings (SSSR count). The van der Waals surface area contributed by atoms with Crippen LogP contribution in [-0.4, -0.2) is 47.4 Å². The molecule has 0 heterocycles. The highest BCUT2D eigenvalue weighted by Crippen LogP contribution is 2.68. The van der Waals surface area contributed by atoms with E-state index >= 15 is 0 Å². The first-order valence-corrected chi connectivity index (χ1v) is 15.1. The van der Waals surface area contributed by atoms with Crippen molar-refractivity contribution in [3.8, 4) is 0 Å². The Hall–Kier alpha value is -3.03. The summed E-state index contributed by atoms with van der Waals surface area (Å²) in [7, 11) is 0. The van der Waals surface area contributed by atoms with Gasteiger partial charge >= 0.3 is 0 Å².